The van der Waals surface area contributed by atoms with Crippen LogP contribution < -0.4 is 9.73 Å². The van der Waals surface area contributed by atoms with Crippen LogP contribution in [0, 0.1) is 0 Å². The monoisotopic (exact) mass is 477 g/mol. The molecular formula is C16H14BrCl2N3O3S. The number of amides is 1. The topological polar surface area (TPSA) is 78.8 Å². The highest BCUT2D eigenvalue weighted by atomic mass is 79.9. The predicted octanol–water partition coefficient (Wildman–Crippen LogP) is 3.67. The van der Waals surface area contributed by atoms with Crippen molar-refractivity contribution in [3.05, 3.63) is 62.5 Å². The summed E-state index contributed by atoms with van der Waals surface area (Å²) in [6.07, 6.45) is 2.42. The molecule has 0 saturated heterocycles. The molecule has 2 aromatic rings. The van der Waals surface area contributed by atoms with E-state index in [1.54, 1.807) is 12.1 Å². The summed E-state index contributed by atoms with van der Waals surface area (Å²) in [5, 5.41) is 4.06. The van der Waals surface area contributed by atoms with Crippen molar-refractivity contribution in [3.63, 3.8) is 0 Å². The lowest BCUT2D eigenvalue weighted by Crippen LogP contribution is -2.39. The number of rotatable bonds is 6. The molecule has 0 aliphatic carbocycles. The number of hydrazone groups is 1. The Morgan fingerprint density at radius 2 is 1.96 bits per heavy atom. The standard InChI is InChI=1S/C16H14BrCl2N3O3S/c1-26(24,25)22(14-7-3-6-13(18)16(14)19)10-15(23)21-20-9-11-4-2-5-12(17)8-11/h2-9H,10H2,1H3,(H,21,23)/b20-9-. The van der Waals surface area contributed by atoms with Crippen LogP contribution in [0.2, 0.25) is 10.0 Å². The van der Waals surface area contributed by atoms with Crippen molar-refractivity contribution in [2.75, 3.05) is 17.1 Å². The maximum atomic E-state index is 12.1. The van der Waals surface area contributed by atoms with Gasteiger partial charge in [0.25, 0.3) is 5.91 Å². The predicted molar refractivity (Wildman–Crippen MR) is 109 cm³/mol. The van der Waals surface area contributed by atoms with Gasteiger partial charge in [-0.25, -0.2) is 13.8 Å². The van der Waals surface area contributed by atoms with Gasteiger partial charge in [-0.2, -0.15) is 5.10 Å². The minimum atomic E-state index is -3.76. The van der Waals surface area contributed by atoms with E-state index in [1.165, 1.54) is 18.3 Å². The fourth-order valence-electron chi connectivity index (χ4n) is 2.00. The quantitative estimate of drug-likeness (QED) is 0.508. The molecule has 0 atom stereocenters. The Bertz CT molecular complexity index is 952. The molecule has 0 aromatic heterocycles. The zero-order valence-electron chi connectivity index (χ0n) is 13.5. The van der Waals surface area contributed by atoms with Gasteiger partial charge >= 0.3 is 0 Å². The summed E-state index contributed by atoms with van der Waals surface area (Å²) in [5.41, 5.74) is 3.17. The lowest BCUT2D eigenvalue weighted by atomic mass is 10.2. The number of halogens is 3. The molecule has 0 spiro atoms. The molecule has 0 aliphatic rings. The molecule has 0 aliphatic heterocycles. The largest absolute Gasteiger partial charge is 0.271 e. The minimum Gasteiger partial charge on any atom is -0.271 e. The van der Waals surface area contributed by atoms with Gasteiger partial charge in [0.1, 0.15) is 6.54 Å². The van der Waals surface area contributed by atoms with Crippen molar-refractivity contribution >= 4 is 67.0 Å². The van der Waals surface area contributed by atoms with Crippen molar-refractivity contribution in [2.24, 2.45) is 5.10 Å². The van der Waals surface area contributed by atoms with Crippen molar-refractivity contribution in [3.8, 4) is 0 Å². The van der Waals surface area contributed by atoms with Crippen LogP contribution in [0.1, 0.15) is 5.56 Å². The summed E-state index contributed by atoms with van der Waals surface area (Å²) in [6, 6.07) is 11.8. The van der Waals surface area contributed by atoms with Gasteiger partial charge in [0.05, 0.1) is 28.2 Å². The van der Waals surface area contributed by atoms with Crippen LogP contribution in [0.5, 0.6) is 0 Å². The fraction of sp³-hybridized carbons (Fsp3) is 0.125. The smallest absolute Gasteiger partial charge is 0.260 e. The maximum Gasteiger partial charge on any atom is 0.260 e. The molecule has 0 heterocycles. The van der Waals surface area contributed by atoms with Gasteiger partial charge < -0.3 is 0 Å². The van der Waals surface area contributed by atoms with Crippen LogP contribution >= 0.6 is 39.1 Å². The van der Waals surface area contributed by atoms with Crippen LogP contribution in [0.3, 0.4) is 0 Å². The van der Waals surface area contributed by atoms with E-state index in [2.05, 4.69) is 26.5 Å². The molecule has 6 nitrogen and oxygen atoms in total. The van der Waals surface area contributed by atoms with Crippen molar-refractivity contribution in [1.82, 2.24) is 5.43 Å². The zero-order valence-corrected chi connectivity index (χ0v) is 17.4. The summed E-state index contributed by atoms with van der Waals surface area (Å²) >= 11 is 15.3. The number of anilines is 1. The Labute approximate surface area is 170 Å². The lowest BCUT2D eigenvalue weighted by Gasteiger charge is -2.22. The number of carbonyl (C=O) groups excluding carboxylic acids is 1. The van der Waals surface area contributed by atoms with Gasteiger partial charge in [0, 0.05) is 4.47 Å². The highest BCUT2D eigenvalue weighted by Gasteiger charge is 2.23. The summed E-state index contributed by atoms with van der Waals surface area (Å²) in [5.74, 6) is -0.627. The van der Waals surface area contributed by atoms with Gasteiger partial charge in [-0.15, -0.1) is 0 Å². The Morgan fingerprint density at radius 1 is 1.27 bits per heavy atom. The van der Waals surface area contributed by atoms with Crippen molar-refractivity contribution in [2.45, 2.75) is 0 Å². The second kappa shape index (κ2) is 8.85. The average molecular weight is 479 g/mol. The highest BCUT2D eigenvalue weighted by molar-refractivity contribution is 9.10. The number of nitrogens with one attached hydrogen (secondary N) is 1. The fourth-order valence-corrected chi connectivity index (χ4v) is 3.72. The molecule has 1 amide bonds. The third kappa shape index (κ3) is 5.70. The molecular weight excluding hydrogens is 465 g/mol. The molecule has 0 fully saturated rings. The molecule has 10 heteroatoms. The van der Waals surface area contributed by atoms with E-state index in [1.807, 2.05) is 18.2 Å². The zero-order chi connectivity index (χ0) is 19.3. The van der Waals surface area contributed by atoms with Gasteiger partial charge in [0.2, 0.25) is 10.0 Å². The van der Waals surface area contributed by atoms with E-state index in [-0.39, 0.29) is 15.7 Å². The molecule has 1 N–H and O–H groups in total. The van der Waals surface area contributed by atoms with E-state index in [0.29, 0.717) is 0 Å². The summed E-state index contributed by atoms with van der Waals surface area (Å²) in [7, 11) is -3.76. The average Bonchev–Trinajstić information content (AvgIpc) is 2.55. The van der Waals surface area contributed by atoms with Gasteiger partial charge in [-0.05, 0) is 29.8 Å². The van der Waals surface area contributed by atoms with Crippen LogP contribution in [0.15, 0.2) is 52.0 Å². The van der Waals surface area contributed by atoms with Crippen LogP contribution in [-0.2, 0) is 14.8 Å². The summed E-state index contributed by atoms with van der Waals surface area (Å²) in [6.45, 7) is -0.491. The minimum absolute atomic E-state index is 0.0463. The molecule has 26 heavy (non-hydrogen) atoms. The normalized spacial score (nSPS) is 11.5. The summed E-state index contributed by atoms with van der Waals surface area (Å²) < 4.78 is 25.9. The van der Waals surface area contributed by atoms with E-state index in [0.717, 1.165) is 20.6 Å². The number of nitrogens with zero attached hydrogens (tertiary/aromatic N) is 2. The molecule has 0 saturated carbocycles. The first-order valence-corrected chi connectivity index (χ1v) is 10.6. The van der Waals surface area contributed by atoms with Crippen LogP contribution in [-0.4, -0.2) is 33.3 Å². The molecule has 2 aromatic carbocycles. The second-order valence-corrected chi connectivity index (χ2v) is 8.80. The molecule has 0 unspecified atom stereocenters. The van der Waals surface area contributed by atoms with Crippen molar-refractivity contribution < 1.29 is 13.2 Å². The van der Waals surface area contributed by atoms with Gasteiger partial charge in [0.15, 0.2) is 0 Å². The first-order chi connectivity index (χ1) is 12.2. The van der Waals surface area contributed by atoms with Crippen LogP contribution in [0.25, 0.3) is 0 Å². The van der Waals surface area contributed by atoms with Crippen molar-refractivity contribution in [1.29, 1.82) is 0 Å². The number of hydrogen-bond acceptors (Lipinski definition) is 4. The first kappa shape index (κ1) is 20.7. The van der Waals surface area contributed by atoms with E-state index in [9.17, 15) is 13.2 Å². The molecule has 0 radical (unpaired) electrons. The Kier molecular flexibility index (Phi) is 7.05. The van der Waals surface area contributed by atoms with E-state index >= 15 is 0 Å². The number of carbonyl (C=O) groups is 1. The Hall–Kier alpha value is -1.61. The second-order valence-electron chi connectivity index (χ2n) is 5.19. The number of benzene rings is 2. The Balaban J connectivity index is 2.14. The molecule has 138 valence electrons. The van der Waals surface area contributed by atoms with E-state index in [4.69, 9.17) is 23.2 Å². The maximum absolute atomic E-state index is 12.1. The van der Waals surface area contributed by atoms with E-state index < -0.39 is 22.5 Å². The number of hydrogen-bond donors (Lipinski definition) is 1. The number of sulfonamides is 1. The lowest BCUT2D eigenvalue weighted by molar-refractivity contribution is -0.119. The first-order valence-electron chi connectivity index (χ1n) is 7.17. The summed E-state index contributed by atoms with van der Waals surface area (Å²) in [4.78, 5) is 12.1. The molecule has 0 bridgehead atoms. The van der Waals surface area contributed by atoms with Gasteiger partial charge in [-0.3, -0.25) is 9.10 Å². The molecule has 2 rings (SSSR count). The SMILES string of the molecule is CS(=O)(=O)N(CC(=O)N/N=C\c1cccc(Br)c1)c1cccc(Cl)c1Cl. The highest BCUT2D eigenvalue weighted by Crippen LogP contribution is 2.33. The Morgan fingerprint density at radius 3 is 2.62 bits per heavy atom. The van der Waals surface area contributed by atoms with Gasteiger partial charge in [-0.1, -0.05) is 57.3 Å². The third-order valence-corrected chi connectivity index (χ3v) is 5.57. The van der Waals surface area contributed by atoms with Crippen LogP contribution in [0.4, 0.5) is 5.69 Å². The third-order valence-electron chi connectivity index (χ3n) is 3.14.